The van der Waals surface area contributed by atoms with Crippen LogP contribution in [0.5, 0.6) is 0 Å². The van der Waals surface area contributed by atoms with Crippen LogP contribution in [-0.2, 0) is 11.2 Å². The monoisotopic (exact) mass is 230 g/mol. The first-order valence-electron chi connectivity index (χ1n) is 5.68. The van der Waals surface area contributed by atoms with E-state index in [1.807, 2.05) is 10.6 Å². The van der Waals surface area contributed by atoms with Gasteiger partial charge in [-0.1, -0.05) is 12.1 Å². The average Bonchev–Trinajstić information content (AvgIpc) is 2.91. The van der Waals surface area contributed by atoms with E-state index in [-0.39, 0.29) is 6.10 Å². The minimum Gasteiger partial charge on any atom is -0.372 e. The Morgan fingerprint density at radius 1 is 1.35 bits per heavy atom. The second-order valence-electron chi connectivity index (χ2n) is 4.06. The minimum atomic E-state index is 0.00943. The molecule has 1 aliphatic heterocycles. The zero-order valence-electron chi connectivity index (χ0n) is 9.41. The highest BCUT2D eigenvalue weighted by Crippen LogP contribution is 2.30. The number of hydrogen-bond donors (Lipinski definition) is 1. The molecule has 2 aromatic rings. The lowest BCUT2D eigenvalue weighted by molar-refractivity contribution is 0.0485. The molecule has 17 heavy (non-hydrogen) atoms. The molecule has 0 bridgehead atoms. The summed E-state index contributed by atoms with van der Waals surface area (Å²) in [5, 5.41) is 7.69. The van der Waals surface area contributed by atoms with E-state index in [2.05, 4.69) is 22.3 Å². The van der Waals surface area contributed by atoms with Gasteiger partial charge in [0, 0.05) is 6.54 Å². The van der Waals surface area contributed by atoms with Crippen molar-refractivity contribution in [1.82, 2.24) is 14.8 Å². The molecule has 3 rings (SSSR count). The fraction of sp³-hybridized carbons (Fsp3) is 0.333. The predicted molar refractivity (Wildman–Crippen MR) is 62.8 cm³/mol. The number of nitrogens with zero attached hydrogens (tertiary/aromatic N) is 3. The van der Waals surface area contributed by atoms with Crippen molar-refractivity contribution >= 4 is 0 Å². The molecule has 0 spiro atoms. The quantitative estimate of drug-likeness (QED) is 0.830. The van der Waals surface area contributed by atoms with Crippen LogP contribution in [0.2, 0.25) is 0 Å². The number of ether oxygens (including phenoxy) is 1. The highest BCUT2D eigenvalue weighted by atomic mass is 16.5. The lowest BCUT2D eigenvalue weighted by Crippen LogP contribution is -2.24. The first-order valence-corrected chi connectivity index (χ1v) is 5.68. The standard InChI is InChI=1S/C12H14N4O/c13-6-12-10-2-1-3-11(9(10)4-5-17-12)16-7-14-15-8-16/h1-3,7-8,12H,4-6,13H2/t12-/m0/s1. The molecule has 0 saturated heterocycles. The lowest BCUT2D eigenvalue weighted by Gasteiger charge is -2.26. The Morgan fingerprint density at radius 2 is 2.18 bits per heavy atom. The minimum absolute atomic E-state index is 0.00943. The predicted octanol–water partition coefficient (Wildman–Crippen LogP) is 0.840. The molecule has 88 valence electrons. The molecule has 0 radical (unpaired) electrons. The molecule has 0 fully saturated rings. The van der Waals surface area contributed by atoms with Crippen molar-refractivity contribution in [2.24, 2.45) is 5.73 Å². The number of fused-ring (bicyclic) bond motifs is 1. The first kappa shape index (κ1) is 10.4. The Balaban J connectivity index is 2.12. The second kappa shape index (κ2) is 4.27. The van der Waals surface area contributed by atoms with E-state index in [1.165, 1.54) is 11.1 Å². The van der Waals surface area contributed by atoms with Gasteiger partial charge in [-0.2, -0.15) is 0 Å². The molecule has 0 amide bonds. The SMILES string of the molecule is NC[C@@H]1OCCc2c1cccc2-n1cnnc1. The topological polar surface area (TPSA) is 66.0 Å². The van der Waals surface area contributed by atoms with Crippen molar-refractivity contribution in [3.05, 3.63) is 42.0 Å². The summed E-state index contributed by atoms with van der Waals surface area (Å²) in [7, 11) is 0. The number of benzene rings is 1. The Labute approximate surface area is 99.2 Å². The Hall–Kier alpha value is -1.72. The van der Waals surface area contributed by atoms with Crippen LogP contribution in [0.15, 0.2) is 30.9 Å². The highest BCUT2D eigenvalue weighted by molar-refractivity contribution is 5.47. The molecule has 0 unspecified atom stereocenters. The maximum Gasteiger partial charge on any atom is 0.123 e. The summed E-state index contributed by atoms with van der Waals surface area (Å²) in [5.41, 5.74) is 9.32. The van der Waals surface area contributed by atoms with E-state index in [0.29, 0.717) is 13.2 Å². The molecule has 5 heteroatoms. The van der Waals surface area contributed by atoms with Gasteiger partial charge in [-0.25, -0.2) is 0 Å². The van der Waals surface area contributed by atoms with Crippen LogP contribution in [0.1, 0.15) is 17.2 Å². The van der Waals surface area contributed by atoms with Gasteiger partial charge in [0.1, 0.15) is 12.7 Å². The summed E-state index contributed by atoms with van der Waals surface area (Å²) in [4.78, 5) is 0. The number of aromatic nitrogens is 3. The van der Waals surface area contributed by atoms with E-state index in [4.69, 9.17) is 10.5 Å². The molecule has 2 N–H and O–H groups in total. The van der Waals surface area contributed by atoms with Crippen LogP contribution < -0.4 is 5.73 Å². The zero-order valence-corrected chi connectivity index (χ0v) is 9.41. The fourth-order valence-electron chi connectivity index (χ4n) is 2.32. The van der Waals surface area contributed by atoms with Crippen LogP contribution in [-0.4, -0.2) is 27.9 Å². The summed E-state index contributed by atoms with van der Waals surface area (Å²) >= 11 is 0. The van der Waals surface area contributed by atoms with Gasteiger partial charge < -0.3 is 10.5 Å². The highest BCUT2D eigenvalue weighted by Gasteiger charge is 2.22. The van der Waals surface area contributed by atoms with Gasteiger partial charge in [0.25, 0.3) is 0 Å². The fourth-order valence-corrected chi connectivity index (χ4v) is 2.32. The zero-order chi connectivity index (χ0) is 11.7. The van der Waals surface area contributed by atoms with Crippen molar-refractivity contribution < 1.29 is 4.74 Å². The van der Waals surface area contributed by atoms with Gasteiger partial charge in [0.15, 0.2) is 0 Å². The van der Waals surface area contributed by atoms with Gasteiger partial charge in [-0.3, -0.25) is 4.57 Å². The average molecular weight is 230 g/mol. The maximum atomic E-state index is 5.73. The van der Waals surface area contributed by atoms with E-state index >= 15 is 0 Å². The summed E-state index contributed by atoms with van der Waals surface area (Å²) in [6, 6.07) is 6.17. The van der Waals surface area contributed by atoms with Crippen molar-refractivity contribution in [1.29, 1.82) is 0 Å². The number of hydrogen-bond acceptors (Lipinski definition) is 4. The van der Waals surface area contributed by atoms with Crippen molar-refractivity contribution in [2.75, 3.05) is 13.2 Å². The van der Waals surface area contributed by atoms with E-state index in [1.54, 1.807) is 12.7 Å². The van der Waals surface area contributed by atoms with Gasteiger partial charge in [-0.15, -0.1) is 10.2 Å². The number of rotatable bonds is 2. The molecule has 1 aromatic carbocycles. The molecular formula is C12H14N4O. The molecule has 5 nitrogen and oxygen atoms in total. The van der Waals surface area contributed by atoms with Crippen molar-refractivity contribution in [2.45, 2.75) is 12.5 Å². The molecule has 1 aliphatic rings. The van der Waals surface area contributed by atoms with Gasteiger partial charge in [-0.05, 0) is 23.6 Å². The van der Waals surface area contributed by atoms with Gasteiger partial charge in [0.05, 0.1) is 18.4 Å². The normalized spacial score (nSPS) is 19.0. The molecule has 0 aliphatic carbocycles. The first-order chi connectivity index (χ1) is 8.40. The number of nitrogens with two attached hydrogens (primary N) is 1. The Morgan fingerprint density at radius 3 is 2.94 bits per heavy atom. The van der Waals surface area contributed by atoms with E-state index < -0.39 is 0 Å². The summed E-state index contributed by atoms with van der Waals surface area (Å²) in [6.07, 6.45) is 4.33. The van der Waals surface area contributed by atoms with Crippen LogP contribution in [0.4, 0.5) is 0 Å². The lowest BCUT2D eigenvalue weighted by atomic mass is 9.95. The largest absolute Gasteiger partial charge is 0.372 e. The Kier molecular flexibility index (Phi) is 2.62. The summed E-state index contributed by atoms with van der Waals surface area (Å²) < 4.78 is 7.59. The van der Waals surface area contributed by atoms with Crippen LogP contribution >= 0.6 is 0 Å². The summed E-state index contributed by atoms with van der Waals surface area (Å²) in [6.45, 7) is 1.23. The summed E-state index contributed by atoms with van der Waals surface area (Å²) in [5.74, 6) is 0. The molecule has 1 aromatic heterocycles. The molecule has 0 saturated carbocycles. The van der Waals surface area contributed by atoms with Gasteiger partial charge >= 0.3 is 0 Å². The third-order valence-electron chi connectivity index (χ3n) is 3.12. The Bertz CT molecular complexity index is 509. The van der Waals surface area contributed by atoms with Crippen LogP contribution in [0.25, 0.3) is 5.69 Å². The van der Waals surface area contributed by atoms with Crippen LogP contribution in [0, 0.1) is 0 Å². The molecule has 1 atom stereocenters. The second-order valence-corrected chi connectivity index (χ2v) is 4.06. The van der Waals surface area contributed by atoms with Crippen molar-refractivity contribution in [3.63, 3.8) is 0 Å². The third-order valence-corrected chi connectivity index (χ3v) is 3.12. The maximum absolute atomic E-state index is 5.73. The molecule has 2 heterocycles. The smallest absolute Gasteiger partial charge is 0.123 e. The van der Waals surface area contributed by atoms with Crippen molar-refractivity contribution in [3.8, 4) is 5.69 Å². The van der Waals surface area contributed by atoms with E-state index in [9.17, 15) is 0 Å². The van der Waals surface area contributed by atoms with Gasteiger partial charge in [0.2, 0.25) is 0 Å². The third kappa shape index (κ3) is 1.73. The molecular weight excluding hydrogens is 216 g/mol. The van der Waals surface area contributed by atoms with Crippen LogP contribution in [0.3, 0.4) is 0 Å². The van der Waals surface area contributed by atoms with E-state index in [0.717, 1.165) is 12.1 Å².